The molecule has 2 N–H and O–H groups in total. The van der Waals surface area contributed by atoms with E-state index in [1.807, 2.05) is 19.1 Å². The van der Waals surface area contributed by atoms with E-state index in [9.17, 15) is 0 Å². The van der Waals surface area contributed by atoms with E-state index >= 15 is 0 Å². The van der Waals surface area contributed by atoms with Crippen molar-refractivity contribution in [3.63, 3.8) is 0 Å². The molecule has 2 aromatic rings. The number of anilines is 1. The zero-order chi connectivity index (χ0) is 11.5. The van der Waals surface area contributed by atoms with Crippen molar-refractivity contribution >= 4 is 21.6 Å². The number of halogens is 1. The molecule has 0 spiro atoms. The molecule has 0 radical (unpaired) electrons. The predicted molar refractivity (Wildman–Crippen MR) is 65.4 cm³/mol. The maximum atomic E-state index is 5.69. The van der Waals surface area contributed by atoms with Crippen molar-refractivity contribution in [3.8, 4) is 11.8 Å². The molecule has 0 amide bonds. The van der Waals surface area contributed by atoms with Crippen LogP contribution in [0.2, 0.25) is 0 Å². The first-order chi connectivity index (χ1) is 7.63. The quantitative estimate of drug-likeness (QED) is 0.859. The van der Waals surface area contributed by atoms with Crippen molar-refractivity contribution < 1.29 is 4.74 Å². The van der Waals surface area contributed by atoms with E-state index in [2.05, 4.69) is 25.9 Å². The smallest absolute Gasteiger partial charge is 0.322 e. The van der Waals surface area contributed by atoms with Gasteiger partial charge in [-0.1, -0.05) is 15.9 Å². The van der Waals surface area contributed by atoms with Gasteiger partial charge in [0.25, 0.3) is 0 Å². The van der Waals surface area contributed by atoms with Crippen LogP contribution < -0.4 is 10.5 Å². The number of nitrogen functional groups attached to an aromatic ring is 1. The average Bonchev–Trinajstić information content (AvgIpc) is 2.15. The minimum atomic E-state index is 0.317. The first-order valence-corrected chi connectivity index (χ1v) is 5.46. The lowest BCUT2D eigenvalue weighted by Gasteiger charge is -2.05. The summed E-state index contributed by atoms with van der Waals surface area (Å²) in [5.41, 5.74) is 7.17. The van der Waals surface area contributed by atoms with Gasteiger partial charge in [0.2, 0.25) is 0 Å². The Morgan fingerprint density at radius 2 is 2.12 bits per heavy atom. The fourth-order valence-electron chi connectivity index (χ4n) is 1.22. The topological polar surface area (TPSA) is 61.0 Å². The average molecular weight is 280 g/mol. The van der Waals surface area contributed by atoms with Gasteiger partial charge in [0, 0.05) is 28.1 Å². The molecule has 0 aliphatic heterocycles. The van der Waals surface area contributed by atoms with Crippen LogP contribution in [0.4, 0.5) is 5.69 Å². The van der Waals surface area contributed by atoms with Crippen LogP contribution in [0, 0.1) is 6.92 Å². The fourth-order valence-corrected chi connectivity index (χ4v) is 1.71. The Morgan fingerprint density at radius 1 is 1.31 bits per heavy atom. The zero-order valence-corrected chi connectivity index (χ0v) is 10.2. The maximum absolute atomic E-state index is 5.69. The minimum Gasteiger partial charge on any atom is -0.424 e. The van der Waals surface area contributed by atoms with Gasteiger partial charge in [-0.3, -0.25) is 0 Å². The number of rotatable bonds is 2. The number of aromatic nitrogens is 2. The van der Waals surface area contributed by atoms with Gasteiger partial charge in [0.1, 0.15) is 5.75 Å². The standard InChI is InChI=1S/C11H10BrN3O/c1-7-2-3-14-11(15-7)16-10-5-8(12)4-9(13)6-10/h2-6H,13H2,1H3. The number of nitrogens with two attached hydrogens (primary N) is 1. The summed E-state index contributed by atoms with van der Waals surface area (Å²) >= 11 is 3.34. The third-order valence-corrected chi connectivity index (χ3v) is 2.33. The normalized spacial score (nSPS) is 10.1. The summed E-state index contributed by atoms with van der Waals surface area (Å²) in [6.45, 7) is 1.88. The number of hydrogen-bond donors (Lipinski definition) is 1. The fraction of sp³-hybridized carbons (Fsp3) is 0.0909. The number of benzene rings is 1. The first-order valence-electron chi connectivity index (χ1n) is 4.67. The van der Waals surface area contributed by atoms with Crippen molar-refractivity contribution in [2.45, 2.75) is 6.92 Å². The Balaban J connectivity index is 2.27. The Kier molecular flexibility index (Phi) is 3.05. The van der Waals surface area contributed by atoms with Gasteiger partial charge in [0.15, 0.2) is 0 Å². The third-order valence-electron chi connectivity index (χ3n) is 1.88. The van der Waals surface area contributed by atoms with Crippen molar-refractivity contribution in [2.75, 3.05) is 5.73 Å². The molecule has 0 fully saturated rings. The lowest BCUT2D eigenvalue weighted by Crippen LogP contribution is -1.94. The third kappa shape index (κ3) is 2.70. The summed E-state index contributed by atoms with van der Waals surface area (Å²) in [5.74, 6) is 0.609. The number of ether oxygens (including phenoxy) is 1. The summed E-state index contributed by atoms with van der Waals surface area (Å²) in [6, 6.07) is 7.45. The lowest BCUT2D eigenvalue weighted by molar-refractivity contribution is 0.440. The molecule has 0 saturated heterocycles. The molecular weight excluding hydrogens is 270 g/mol. The van der Waals surface area contributed by atoms with Crippen LogP contribution in [-0.4, -0.2) is 9.97 Å². The van der Waals surface area contributed by atoms with E-state index in [0.717, 1.165) is 10.2 Å². The van der Waals surface area contributed by atoms with Crippen molar-refractivity contribution in [3.05, 3.63) is 40.6 Å². The molecule has 0 aliphatic rings. The largest absolute Gasteiger partial charge is 0.424 e. The van der Waals surface area contributed by atoms with Gasteiger partial charge >= 0.3 is 6.01 Å². The summed E-state index contributed by atoms with van der Waals surface area (Å²) < 4.78 is 6.35. The molecule has 82 valence electrons. The minimum absolute atomic E-state index is 0.317. The first kappa shape index (κ1) is 10.9. The maximum Gasteiger partial charge on any atom is 0.322 e. The van der Waals surface area contributed by atoms with Gasteiger partial charge in [-0.2, -0.15) is 0 Å². The number of nitrogens with zero attached hydrogens (tertiary/aromatic N) is 2. The van der Waals surface area contributed by atoms with Crippen LogP contribution in [0.25, 0.3) is 0 Å². The number of hydrogen-bond acceptors (Lipinski definition) is 4. The van der Waals surface area contributed by atoms with Crippen LogP contribution in [0.1, 0.15) is 5.69 Å². The highest BCUT2D eigenvalue weighted by atomic mass is 79.9. The van der Waals surface area contributed by atoms with E-state index in [-0.39, 0.29) is 0 Å². The van der Waals surface area contributed by atoms with Gasteiger partial charge in [-0.25, -0.2) is 9.97 Å². The Bertz CT molecular complexity index is 496. The van der Waals surface area contributed by atoms with E-state index in [4.69, 9.17) is 10.5 Å². The molecule has 0 bridgehead atoms. The Hall–Kier alpha value is -1.62. The van der Waals surface area contributed by atoms with Gasteiger partial charge in [-0.15, -0.1) is 0 Å². The summed E-state index contributed by atoms with van der Waals surface area (Å²) in [5, 5.41) is 0. The van der Waals surface area contributed by atoms with Crippen molar-refractivity contribution in [1.82, 2.24) is 9.97 Å². The van der Waals surface area contributed by atoms with Crippen LogP contribution in [0.5, 0.6) is 11.8 Å². The van der Waals surface area contributed by atoms with E-state index < -0.39 is 0 Å². The van der Waals surface area contributed by atoms with E-state index in [0.29, 0.717) is 17.4 Å². The number of aryl methyl sites for hydroxylation is 1. The van der Waals surface area contributed by atoms with Crippen LogP contribution in [0.15, 0.2) is 34.9 Å². The van der Waals surface area contributed by atoms with Gasteiger partial charge in [0.05, 0.1) is 0 Å². The van der Waals surface area contributed by atoms with Crippen LogP contribution in [0.3, 0.4) is 0 Å². The van der Waals surface area contributed by atoms with Crippen molar-refractivity contribution in [1.29, 1.82) is 0 Å². The molecular formula is C11H10BrN3O. The van der Waals surface area contributed by atoms with Gasteiger partial charge in [-0.05, 0) is 25.1 Å². The molecule has 4 nitrogen and oxygen atoms in total. The van der Waals surface area contributed by atoms with Gasteiger partial charge < -0.3 is 10.5 Å². The molecule has 1 aromatic heterocycles. The van der Waals surface area contributed by atoms with Crippen molar-refractivity contribution in [2.24, 2.45) is 0 Å². The highest BCUT2D eigenvalue weighted by Crippen LogP contribution is 2.25. The van der Waals surface area contributed by atoms with E-state index in [1.54, 1.807) is 18.3 Å². The second kappa shape index (κ2) is 4.49. The molecule has 2 rings (SSSR count). The highest BCUT2D eigenvalue weighted by Gasteiger charge is 2.02. The molecule has 0 saturated carbocycles. The summed E-state index contributed by atoms with van der Waals surface area (Å²) in [7, 11) is 0. The summed E-state index contributed by atoms with van der Waals surface area (Å²) in [4.78, 5) is 8.14. The van der Waals surface area contributed by atoms with E-state index in [1.165, 1.54) is 0 Å². The zero-order valence-electron chi connectivity index (χ0n) is 8.64. The second-order valence-electron chi connectivity index (χ2n) is 3.30. The second-order valence-corrected chi connectivity index (χ2v) is 4.22. The predicted octanol–water partition coefficient (Wildman–Crippen LogP) is 2.92. The van der Waals surface area contributed by atoms with Crippen LogP contribution >= 0.6 is 15.9 Å². The highest BCUT2D eigenvalue weighted by molar-refractivity contribution is 9.10. The Labute approximate surface area is 102 Å². The lowest BCUT2D eigenvalue weighted by atomic mass is 10.3. The molecule has 1 aromatic carbocycles. The molecule has 0 unspecified atom stereocenters. The molecule has 5 heteroatoms. The molecule has 0 atom stereocenters. The SMILES string of the molecule is Cc1ccnc(Oc2cc(N)cc(Br)c2)n1. The Morgan fingerprint density at radius 3 is 2.81 bits per heavy atom. The summed E-state index contributed by atoms with van der Waals surface area (Å²) in [6.07, 6.45) is 1.65. The monoisotopic (exact) mass is 279 g/mol. The molecule has 16 heavy (non-hydrogen) atoms. The molecule has 1 heterocycles. The van der Waals surface area contributed by atoms with Crippen LogP contribution in [-0.2, 0) is 0 Å². The molecule has 0 aliphatic carbocycles.